The van der Waals surface area contributed by atoms with E-state index in [4.69, 9.17) is 0 Å². The number of hydrogen-bond acceptors (Lipinski definition) is 9. The van der Waals surface area contributed by atoms with E-state index in [2.05, 4.69) is 40.9 Å². The van der Waals surface area contributed by atoms with E-state index in [0.717, 1.165) is 47.3 Å². The van der Waals surface area contributed by atoms with Gasteiger partial charge in [-0.3, -0.25) is 14.6 Å². The van der Waals surface area contributed by atoms with E-state index in [-0.39, 0.29) is 47.8 Å². The summed E-state index contributed by atoms with van der Waals surface area (Å²) in [6.07, 6.45) is -4.12. The molecule has 0 aliphatic rings. The quantitative estimate of drug-likeness (QED) is 0.200. The number of alkyl halides is 6. The Labute approximate surface area is 253 Å². The number of rotatable bonds is 13. The van der Waals surface area contributed by atoms with Crippen LogP contribution in [0, 0.1) is 5.82 Å². The first-order valence-electron chi connectivity index (χ1n) is 13.0. The maximum atomic E-state index is 14.6. The van der Waals surface area contributed by atoms with Crippen molar-refractivity contribution < 1.29 is 45.1 Å². The third-order valence-corrected chi connectivity index (χ3v) is 6.92. The second-order valence-corrected chi connectivity index (χ2v) is 10.6. The van der Waals surface area contributed by atoms with Crippen LogP contribution < -0.4 is 15.4 Å². The fraction of sp³-hybridized carbons (Fsp3) is 0.346. The number of benzene rings is 1. The largest absolute Gasteiger partial charge is 0.573 e. The van der Waals surface area contributed by atoms with Crippen molar-refractivity contribution in [2.24, 2.45) is 0 Å². The van der Waals surface area contributed by atoms with Gasteiger partial charge in [0.25, 0.3) is 17.7 Å². The smallest absolute Gasteiger partial charge is 0.406 e. The molecule has 45 heavy (non-hydrogen) atoms. The van der Waals surface area contributed by atoms with Gasteiger partial charge in [0.05, 0.1) is 25.0 Å². The standard InChI is InChI=1S/C26H23F7N8O3S/c1-25(29,30)15-2-4-17(34-10-15)11-36-22(42)20-13-41(40-37-20)12-16(27)3-7-21-38-39-24(45-21)23(43)35-9-14-8-18(5-6-19(14)28)44-26(31,32)33/h2,4-6,8,10,13,16H,3,7,9,11-12H2,1H3,(H,35,43)(H,36,42). The second kappa shape index (κ2) is 14.0. The van der Waals surface area contributed by atoms with Crippen LogP contribution in [-0.2, 0) is 32.0 Å². The van der Waals surface area contributed by atoms with E-state index in [0.29, 0.717) is 10.7 Å². The molecule has 3 aromatic heterocycles. The number of aromatic nitrogens is 6. The lowest BCUT2D eigenvalue weighted by Crippen LogP contribution is -2.24. The summed E-state index contributed by atoms with van der Waals surface area (Å²) in [5.74, 6) is -5.94. The summed E-state index contributed by atoms with van der Waals surface area (Å²) in [7, 11) is 0. The van der Waals surface area contributed by atoms with E-state index < -0.39 is 48.4 Å². The van der Waals surface area contributed by atoms with Crippen LogP contribution in [0.25, 0.3) is 0 Å². The van der Waals surface area contributed by atoms with Gasteiger partial charge in [0.2, 0.25) is 5.01 Å². The number of aryl methyl sites for hydroxylation is 1. The molecule has 0 fully saturated rings. The number of pyridine rings is 1. The lowest BCUT2D eigenvalue weighted by molar-refractivity contribution is -0.274. The zero-order valence-electron chi connectivity index (χ0n) is 23.1. The molecular weight excluding hydrogens is 637 g/mol. The van der Waals surface area contributed by atoms with Gasteiger partial charge >= 0.3 is 6.36 Å². The van der Waals surface area contributed by atoms with E-state index in [1.54, 1.807) is 0 Å². The molecule has 1 unspecified atom stereocenters. The van der Waals surface area contributed by atoms with Crippen LogP contribution in [0.3, 0.4) is 0 Å². The normalized spacial score (nSPS) is 12.5. The minimum Gasteiger partial charge on any atom is -0.406 e. The molecule has 0 aliphatic carbocycles. The van der Waals surface area contributed by atoms with Gasteiger partial charge in [-0.05, 0) is 36.8 Å². The van der Waals surface area contributed by atoms with Crippen LogP contribution in [-0.4, -0.2) is 54.5 Å². The number of amides is 2. The summed E-state index contributed by atoms with van der Waals surface area (Å²) in [6.45, 7) is -0.0181. The molecule has 0 spiro atoms. The zero-order valence-corrected chi connectivity index (χ0v) is 23.9. The maximum Gasteiger partial charge on any atom is 0.573 e. The lowest BCUT2D eigenvalue weighted by Gasteiger charge is -2.11. The Kier molecular flexibility index (Phi) is 10.3. The molecule has 11 nitrogen and oxygen atoms in total. The Morgan fingerprint density at radius 3 is 2.47 bits per heavy atom. The molecule has 2 amide bonds. The van der Waals surface area contributed by atoms with Crippen molar-refractivity contribution in [3.63, 3.8) is 0 Å². The Bertz CT molecular complexity index is 1620. The topological polar surface area (TPSA) is 137 Å². The molecule has 4 rings (SSSR count). The Balaban J connectivity index is 1.21. The average Bonchev–Trinajstić information content (AvgIpc) is 3.64. The first-order valence-corrected chi connectivity index (χ1v) is 13.8. The van der Waals surface area contributed by atoms with Crippen molar-refractivity contribution in [1.29, 1.82) is 0 Å². The Morgan fingerprint density at radius 2 is 1.78 bits per heavy atom. The molecule has 0 bridgehead atoms. The second-order valence-electron chi connectivity index (χ2n) is 9.56. The van der Waals surface area contributed by atoms with Crippen LogP contribution in [0.4, 0.5) is 30.7 Å². The minimum atomic E-state index is -4.97. The minimum absolute atomic E-state index is 0.0483. The number of nitrogens with one attached hydrogen (secondary N) is 2. The van der Waals surface area contributed by atoms with Crippen LogP contribution in [0.5, 0.6) is 5.75 Å². The molecule has 4 aromatic rings. The number of hydrogen-bond donors (Lipinski definition) is 2. The summed E-state index contributed by atoms with van der Waals surface area (Å²) in [5.41, 5.74) is -0.281. The highest BCUT2D eigenvalue weighted by atomic mass is 32.1. The fourth-order valence-electron chi connectivity index (χ4n) is 3.70. The highest BCUT2D eigenvalue weighted by molar-refractivity contribution is 7.13. The van der Waals surface area contributed by atoms with Crippen molar-refractivity contribution >= 4 is 23.2 Å². The van der Waals surface area contributed by atoms with Gasteiger partial charge in [-0.2, -0.15) is 0 Å². The SMILES string of the molecule is CC(F)(F)c1ccc(CNC(=O)c2cn(CC(F)CCc3nnc(C(=O)NCc4cc(OC(F)(F)F)ccc4F)s3)nn2)nc1. The maximum absolute atomic E-state index is 14.6. The summed E-state index contributed by atoms with van der Waals surface area (Å²) in [4.78, 5) is 28.6. The van der Waals surface area contributed by atoms with Crippen LogP contribution in [0.15, 0.2) is 42.7 Å². The van der Waals surface area contributed by atoms with Crippen LogP contribution in [0.2, 0.25) is 0 Å². The number of halogens is 7. The van der Waals surface area contributed by atoms with E-state index in [1.165, 1.54) is 18.3 Å². The van der Waals surface area contributed by atoms with E-state index in [1.807, 2.05) is 0 Å². The Morgan fingerprint density at radius 1 is 1.02 bits per heavy atom. The highest BCUT2D eigenvalue weighted by Crippen LogP contribution is 2.26. The van der Waals surface area contributed by atoms with Crippen molar-refractivity contribution in [2.75, 3.05) is 0 Å². The summed E-state index contributed by atoms with van der Waals surface area (Å²) in [6, 6.07) is 4.93. The predicted octanol–water partition coefficient (Wildman–Crippen LogP) is 4.50. The fourth-order valence-corrected chi connectivity index (χ4v) is 4.47. The van der Waals surface area contributed by atoms with E-state index in [9.17, 15) is 40.3 Å². The highest BCUT2D eigenvalue weighted by Gasteiger charge is 2.31. The molecule has 1 aromatic carbocycles. The van der Waals surface area contributed by atoms with Gasteiger partial charge in [0, 0.05) is 37.2 Å². The molecule has 0 saturated carbocycles. The third-order valence-electron chi connectivity index (χ3n) is 5.94. The van der Waals surface area contributed by atoms with E-state index >= 15 is 0 Å². The third kappa shape index (κ3) is 9.91. The van der Waals surface area contributed by atoms with Crippen molar-refractivity contribution in [3.05, 3.63) is 81.1 Å². The van der Waals surface area contributed by atoms with Gasteiger partial charge in [-0.25, -0.2) is 22.2 Å². The van der Waals surface area contributed by atoms with Gasteiger partial charge in [0.15, 0.2) is 5.69 Å². The molecular formula is C26H23F7N8O3S. The first kappa shape index (κ1) is 33.2. The van der Waals surface area contributed by atoms with Gasteiger partial charge in [0.1, 0.15) is 22.7 Å². The summed E-state index contributed by atoms with van der Waals surface area (Å²) < 4.78 is 97.3. The van der Waals surface area contributed by atoms with Gasteiger partial charge < -0.3 is 15.4 Å². The summed E-state index contributed by atoms with van der Waals surface area (Å²) in [5, 5.41) is 20.0. The predicted molar refractivity (Wildman–Crippen MR) is 142 cm³/mol. The van der Waals surface area contributed by atoms with Gasteiger partial charge in [-0.15, -0.1) is 28.5 Å². The molecule has 2 N–H and O–H groups in total. The van der Waals surface area contributed by atoms with Crippen LogP contribution in [0.1, 0.15) is 55.5 Å². The zero-order chi connectivity index (χ0) is 32.8. The number of carbonyl (C=O) groups excluding carboxylic acids is 2. The van der Waals surface area contributed by atoms with Gasteiger partial charge in [-0.1, -0.05) is 16.6 Å². The molecule has 19 heteroatoms. The van der Waals surface area contributed by atoms with Crippen molar-refractivity contribution in [2.45, 2.75) is 57.9 Å². The monoisotopic (exact) mass is 660 g/mol. The Hall–Kier alpha value is -4.68. The van der Waals surface area contributed by atoms with Crippen LogP contribution >= 0.6 is 11.3 Å². The first-order chi connectivity index (χ1) is 21.2. The molecule has 0 saturated heterocycles. The molecule has 0 aliphatic heterocycles. The number of nitrogens with zero attached hydrogens (tertiary/aromatic N) is 6. The average molecular weight is 661 g/mol. The van der Waals surface area contributed by atoms with Crippen molar-refractivity contribution in [3.8, 4) is 5.75 Å². The number of ether oxygens (including phenoxy) is 1. The molecule has 1 atom stereocenters. The molecule has 3 heterocycles. The molecule has 240 valence electrons. The summed E-state index contributed by atoms with van der Waals surface area (Å²) >= 11 is 0.855. The van der Waals surface area contributed by atoms with Crippen molar-refractivity contribution in [1.82, 2.24) is 40.8 Å². The molecule has 0 radical (unpaired) electrons. The number of carbonyl (C=O) groups is 2. The lowest BCUT2D eigenvalue weighted by atomic mass is 10.1.